The minimum atomic E-state index is -0.506. The van der Waals surface area contributed by atoms with Gasteiger partial charge in [0.15, 0.2) is 6.61 Å². The molecule has 0 bridgehead atoms. The van der Waals surface area contributed by atoms with Crippen LogP contribution >= 0.6 is 15.9 Å². The highest BCUT2D eigenvalue weighted by molar-refractivity contribution is 9.10. The number of hydrogen-bond acceptors (Lipinski definition) is 3. The quantitative estimate of drug-likeness (QED) is 0.871. The van der Waals surface area contributed by atoms with Crippen LogP contribution in [0.4, 0.5) is 5.69 Å². The van der Waals surface area contributed by atoms with Gasteiger partial charge in [-0.1, -0.05) is 22.0 Å². The molecule has 0 radical (unpaired) electrons. The van der Waals surface area contributed by atoms with Crippen LogP contribution in [0.25, 0.3) is 0 Å². The van der Waals surface area contributed by atoms with Gasteiger partial charge in [-0.2, -0.15) is 0 Å². The summed E-state index contributed by atoms with van der Waals surface area (Å²) in [7, 11) is 0. The number of anilines is 1. The first-order valence-corrected chi connectivity index (χ1v) is 6.92. The Hall–Kier alpha value is -2.34. The smallest absolute Gasteiger partial charge is 0.262 e. The average molecular weight is 349 g/mol. The summed E-state index contributed by atoms with van der Waals surface area (Å²) in [5.41, 5.74) is 6.21. The molecule has 0 heterocycles. The highest BCUT2D eigenvalue weighted by atomic mass is 79.9. The molecular weight excluding hydrogens is 336 g/mol. The SMILES string of the molecule is NC(=O)c1ccc(OCC(=O)Nc2cccc(Br)c2)cc1. The first-order valence-electron chi connectivity index (χ1n) is 6.12. The van der Waals surface area contributed by atoms with Gasteiger partial charge in [0.1, 0.15) is 5.75 Å². The van der Waals surface area contributed by atoms with Crippen molar-refractivity contribution in [2.24, 2.45) is 5.73 Å². The zero-order valence-corrected chi connectivity index (χ0v) is 12.6. The lowest BCUT2D eigenvalue weighted by Crippen LogP contribution is -2.20. The average Bonchev–Trinajstić information content (AvgIpc) is 2.45. The number of amides is 2. The molecule has 108 valence electrons. The minimum absolute atomic E-state index is 0.123. The lowest BCUT2D eigenvalue weighted by Gasteiger charge is -2.08. The summed E-state index contributed by atoms with van der Waals surface area (Å²) in [6, 6.07) is 13.5. The van der Waals surface area contributed by atoms with E-state index in [1.807, 2.05) is 12.1 Å². The standard InChI is InChI=1S/C15H13BrN2O3/c16-11-2-1-3-12(8-11)18-14(19)9-21-13-6-4-10(5-7-13)15(17)20/h1-8H,9H2,(H2,17,20)(H,18,19). The monoisotopic (exact) mass is 348 g/mol. The normalized spacial score (nSPS) is 9.95. The molecule has 6 heteroatoms. The van der Waals surface area contributed by atoms with E-state index in [2.05, 4.69) is 21.2 Å². The Balaban J connectivity index is 1.87. The Labute approximate surface area is 130 Å². The summed E-state index contributed by atoms with van der Waals surface area (Å²) in [4.78, 5) is 22.7. The van der Waals surface area contributed by atoms with Gasteiger partial charge in [-0.25, -0.2) is 0 Å². The van der Waals surface area contributed by atoms with Crippen LogP contribution < -0.4 is 15.8 Å². The van der Waals surface area contributed by atoms with Crippen molar-refractivity contribution in [3.8, 4) is 5.75 Å². The van der Waals surface area contributed by atoms with Crippen LogP contribution in [0.5, 0.6) is 5.75 Å². The maximum atomic E-state index is 11.7. The summed E-state index contributed by atoms with van der Waals surface area (Å²) >= 11 is 3.33. The maximum Gasteiger partial charge on any atom is 0.262 e. The van der Waals surface area contributed by atoms with E-state index in [0.717, 1.165) is 4.47 Å². The van der Waals surface area contributed by atoms with Crippen molar-refractivity contribution in [1.29, 1.82) is 0 Å². The largest absolute Gasteiger partial charge is 0.484 e. The van der Waals surface area contributed by atoms with Gasteiger partial charge in [0.25, 0.3) is 5.91 Å². The summed E-state index contributed by atoms with van der Waals surface area (Å²) in [5.74, 6) is -0.287. The number of nitrogens with one attached hydrogen (secondary N) is 1. The van der Waals surface area contributed by atoms with E-state index in [1.165, 1.54) is 0 Å². The van der Waals surface area contributed by atoms with Crippen LogP contribution in [-0.4, -0.2) is 18.4 Å². The second-order valence-electron chi connectivity index (χ2n) is 4.24. The number of nitrogens with two attached hydrogens (primary N) is 1. The van der Waals surface area contributed by atoms with Gasteiger partial charge in [-0.05, 0) is 42.5 Å². The van der Waals surface area contributed by atoms with Gasteiger partial charge in [0, 0.05) is 15.7 Å². The van der Waals surface area contributed by atoms with Gasteiger partial charge < -0.3 is 15.8 Å². The molecule has 0 aliphatic rings. The number of halogens is 1. The molecule has 0 aliphatic carbocycles. The van der Waals surface area contributed by atoms with Gasteiger partial charge in [-0.15, -0.1) is 0 Å². The highest BCUT2D eigenvalue weighted by Crippen LogP contribution is 2.16. The Kier molecular flexibility index (Phi) is 4.94. The van der Waals surface area contributed by atoms with Crippen molar-refractivity contribution in [2.75, 3.05) is 11.9 Å². The summed E-state index contributed by atoms with van der Waals surface area (Å²) in [6.07, 6.45) is 0. The molecule has 0 unspecified atom stereocenters. The van der Waals surface area contributed by atoms with Crippen molar-refractivity contribution < 1.29 is 14.3 Å². The van der Waals surface area contributed by atoms with Gasteiger partial charge in [0.05, 0.1) is 0 Å². The van der Waals surface area contributed by atoms with Gasteiger partial charge in [-0.3, -0.25) is 9.59 Å². The van der Waals surface area contributed by atoms with Crippen LogP contribution in [0.2, 0.25) is 0 Å². The highest BCUT2D eigenvalue weighted by Gasteiger charge is 2.05. The molecule has 0 aliphatic heterocycles. The number of benzene rings is 2. The first-order chi connectivity index (χ1) is 10.0. The number of rotatable bonds is 5. The molecule has 0 spiro atoms. The molecule has 5 nitrogen and oxygen atoms in total. The fourth-order valence-electron chi connectivity index (χ4n) is 1.63. The fourth-order valence-corrected chi connectivity index (χ4v) is 2.03. The number of hydrogen-bond donors (Lipinski definition) is 2. The van der Waals surface area contributed by atoms with Crippen LogP contribution in [-0.2, 0) is 4.79 Å². The Morgan fingerprint density at radius 2 is 1.86 bits per heavy atom. The molecule has 2 amide bonds. The molecule has 0 atom stereocenters. The van der Waals surface area contributed by atoms with Crippen molar-refractivity contribution in [2.45, 2.75) is 0 Å². The van der Waals surface area contributed by atoms with E-state index in [-0.39, 0.29) is 12.5 Å². The molecule has 2 aromatic carbocycles. The molecule has 0 aromatic heterocycles. The van der Waals surface area contributed by atoms with Gasteiger partial charge in [0.2, 0.25) is 5.91 Å². The van der Waals surface area contributed by atoms with Crippen molar-refractivity contribution in [3.05, 3.63) is 58.6 Å². The molecule has 2 aromatic rings. The predicted molar refractivity (Wildman–Crippen MR) is 83.2 cm³/mol. The first kappa shape index (κ1) is 15.1. The van der Waals surface area contributed by atoms with E-state index < -0.39 is 5.91 Å². The number of ether oxygens (including phenoxy) is 1. The Bertz CT molecular complexity index is 656. The fraction of sp³-hybridized carbons (Fsp3) is 0.0667. The summed E-state index contributed by atoms with van der Waals surface area (Å²) in [5, 5.41) is 2.71. The van der Waals surface area contributed by atoms with Crippen molar-refractivity contribution in [3.63, 3.8) is 0 Å². The lowest BCUT2D eigenvalue weighted by atomic mass is 10.2. The molecule has 2 rings (SSSR count). The molecule has 0 fully saturated rings. The van der Waals surface area contributed by atoms with Crippen molar-refractivity contribution >= 4 is 33.4 Å². The molecule has 0 saturated carbocycles. The van der Waals surface area contributed by atoms with E-state index in [4.69, 9.17) is 10.5 Å². The topological polar surface area (TPSA) is 81.4 Å². The number of carbonyl (C=O) groups excluding carboxylic acids is 2. The Morgan fingerprint density at radius 1 is 1.14 bits per heavy atom. The Morgan fingerprint density at radius 3 is 2.48 bits per heavy atom. The number of carbonyl (C=O) groups is 2. The van der Waals surface area contributed by atoms with Crippen LogP contribution in [0.1, 0.15) is 10.4 Å². The minimum Gasteiger partial charge on any atom is -0.484 e. The maximum absolute atomic E-state index is 11.7. The second kappa shape index (κ2) is 6.90. The van der Waals surface area contributed by atoms with Crippen LogP contribution in [0.15, 0.2) is 53.0 Å². The third kappa shape index (κ3) is 4.61. The predicted octanol–water partition coefficient (Wildman–Crippen LogP) is 2.57. The van der Waals surface area contributed by atoms with E-state index in [0.29, 0.717) is 17.0 Å². The molecule has 0 saturated heterocycles. The van der Waals surface area contributed by atoms with E-state index >= 15 is 0 Å². The third-order valence-corrected chi connectivity index (χ3v) is 3.11. The third-order valence-electron chi connectivity index (χ3n) is 2.62. The van der Waals surface area contributed by atoms with Gasteiger partial charge >= 0.3 is 0 Å². The molecule has 3 N–H and O–H groups in total. The van der Waals surface area contributed by atoms with Crippen molar-refractivity contribution in [1.82, 2.24) is 0 Å². The van der Waals surface area contributed by atoms with E-state index in [9.17, 15) is 9.59 Å². The second-order valence-corrected chi connectivity index (χ2v) is 5.15. The molecule has 21 heavy (non-hydrogen) atoms. The summed E-state index contributed by atoms with van der Waals surface area (Å²) in [6.45, 7) is -0.123. The zero-order chi connectivity index (χ0) is 15.2. The molecular formula is C15H13BrN2O3. The lowest BCUT2D eigenvalue weighted by molar-refractivity contribution is -0.118. The van der Waals surface area contributed by atoms with E-state index in [1.54, 1.807) is 36.4 Å². The number of primary amides is 1. The zero-order valence-electron chi connectivity index (χ0n) is 11.0. The summed E-state index contributed by atoms with van der Waals surface area (Å²) < 4.78 is 6.21. The van der Waals surface area contributed by atoms with Crippen LogP contribution in [0, 0.1) is 0 Å². The van der Waals surface area contributed by atoms with Crippen LogP contribution in [0.3, 0.4) is 0 Å².